The Kier molecular flexibility index (Phi) is 7.36. The molecule has 1 aromatic heterocycles. The largest absolute Gasteiger partial charge is 0.373 e. The maximum absolute atomic E-state index is 14.3. The first kappa shape index (κ1) is 29.6. The van der Waals surface area contributed by atoms with Crippen molar-refractivity contribution in [1.82, 2.24) is 14.8 Å². The number of aromatic nitrogens is 1. The lowest BCUT2D eigenvalue weighted by atomic mass is 9.79. The van der Waals surface area contributed by atoms with Crippen LogP contribution in [0.2, 0.25) is 0 Å². The van der Waals surface area contributed by atoms with E-state index >= 15 is 0 Å². The molecule has 1 saturated heterocycles. The van der Waals surface area contributed by atoms with E-state index in [1.165, 1.54) is 13.1 Å². The number of amides is 3. The Morgan fingerprint density at radius 1 is 1.19 bits per heavy atom. The zero-order valence-corrected chi connectivity index (χ0v) is 23.8. The highest BCUT2D eigenvalue weighted by atomic mass is 32.2. The van der Waals surface area contributed by atoms with Gasteiger partial charge in [0, 0.05) is 30.7 Å². The number of hydrogen-bond donors (Lipinski definition) is 4. The highest BCUT2D eigenvalue weighted by Gasteiger charge is 2.59. The van der Waals surface area contributed by atoms with Gasteiger partial charge in [-0.05, 0) is 42.5 Å². The third-order valence-electron chi connectivity index (χ3n) is 8.09. The molecule has 2 aliphatic heterocycles. The van der Waals surface area contributed by atoms with Crippen LogP contribution in [0.1, 0.15) is 42.7 Å². The van der Waals surface area contributed by atoms with Crippen LogP contribution in [0.5, 0.6) is 0 Å². The van der Waals surface area contributed by atoms with Crippen LogP contribution in [0.15, 0.2) is 42.5 Å². The number of rotatable bonds is 7. The number of benzene rings is 2. The Bertz CT molecular complexity index is 1710. The number of aliphatic hydroxyl groups excluding tert-OH is 1. The summed E-state index contributed by atoms with van der Waals surface area (Å²) in [5, 5.41) is 13.4. The number of nitrogens with zero attached hydrogens (tertiary/aromatic N) is 2. The van der Waals surface area contributed by atoms with Crippen molar-refractivity contribution in [2.75, 3.05) is 18.9 Å². The molecule has 0 bridgehead atoms. The minimum atomic E-state index is -5.07. The number of hydrogen-bond acceptors (Lipinski definition) is 6. The number of halogens is 2. The van der Waals surface area contributed by atoms with Crippen LogP contribution >= 0.6 is 0 Å². The molecule has 42 heavy (non-hydrogen) atoms. The molecule has 1 spiro atoms. The fourth-order valence-corrected chi connectivity index (χ4v) is 6.68. The lowest BCUT2D eigenvalue weighted by Gasteiger charge is -2.35. The van der Waals surface area contributed by atoms with E-state index in [9.17, 15) is 41.2 Å². The maximum Gasteiger partial charge on any atom is 0.294 e. The monoisotopic (exact) mass is 604 g/mol. The van der Waals surface area contributed by atoms with Gasteiger partial charge in [0.1, 0.15) is 23.4 Å². The number of anilines is 1. The van der Waals surface area contributed by atoms with Gasteiger partial charge in [0.05, 0.1) is 17.0 Å². The van der Waals surface area contributed by atoms with Crippen LogP contribution in [0.25, 0.3) is 10.9 Å². The molecule has 5 rings (SSSR count). The van der Waals surface area contributed by atoms with E-state index < -0.39 is 62.4 Å². The van der Waals surface area contributed by atoms with Gasteiger partial charge >= 0.3 is 0 Å². The van der Waals surface area contributed by atoms with Gasteiger partial charge in [-0.25, -0.2) is 8.78 Å². The molecule has 4 N–H and O–H groups in total. The average Bonchev–Trinajstić information content (AvgIpc) is 3.60. The van der Waals surface area contributed by atoms with Crippen molar-refractivity contribution in [1.29, 1.82) is 0 Å². The van der Waals surface area contributed by atoms with Crippen LogP contribution in [-0.2, 0) is 25.1 Å². The molecular formula is C28H30F2N4O7S. The van der Waals surface area contributed by atoms with Crippen molar-refractivity contribution in [3.8, 4) is 0 Å². The highest BCUT2D eigenvalue weighted by molar-refractivity contribution is 7.86. The zero-order valence-electron chi connectivity index (χ0n) is 23.0. The molecule has 224 valence electrons. The molecule has 3 aromatic rings. The molecule has 0 radical (unpaired) electrons. The summed E-state index contributed by atoms with van der Waals surface area (Å²) in [5.41, 5.74) is -2.92. The number of likely N-dealkylation sites (N-methyl/N-ethyl adjacent to an activating group) is 1. The fourth-order valence-electron chi connectivity index (χ4n) is 6.04. The first-order valence-corrected chi connectivity index (χ1v) is 14.7. The summed E-state index contributed by atoms with van der Waals surface area (Å²) in [6, 6.07) is 6.88. The van der Waals surface area contributed by atoms with Crippen molar-refractivity contribution < 1.29 is 41.2 Å². The van der Waals surface area contributed by atoms with E-state index in [1.807, 2.05) is 0 Å². The Morgan fingerprint density at radius 3 is 2.55 bits per heavy atom. The molecule has 1 unspecified atom stereocenters. The van der Waals surface area contributed by atoms with Crippen LogP contribution in [0.4, 0.5) is 14.5 Å². The predicted molar refractivity (Wildman–Crippen MR) is 148 cm³/mol. The fraction of sp³-hybridized carbons (Fsp3) is 0.393. The van der Waals surface area contributed by atoms with Gasteiger partial charge in [0.15, 0.2) is 0 Å². The lowest BCUT2D eigenvalue weighted by molar-refractivity contribution is -0.138. The SMILES string of the molecule is CC(C)C[C@@H](C(=O)N1C[C@]2(C[C@H]1C(O)S(=O)(=O)O)C(=O)Nc1ccccc12)N(C)C(=O)c1cc2c(F)cc(F)cc2[nH]1. The number of carbonyl (C=O) groups is 3. The van der Waals surface area contributed by atoms with E-state index in [0.29, 0.717) is 17.3 Å². The standard InChI is InChI=1S/C28H30F2N4O7S/c1-14(2)8-22(33(3)24(35)21-11-16-18(30)9-15(29)10-20(16)31-21)25(36)34-13-28(12-23(34)26(37)42(39,40)41)17-6-4-5-7-19(17)32-27(28)38/h4-7,9-11,14,22-23,26,31,37H,8,12-13H2,1-3H3,(H,32,38)(H,39,40,41)/t22-,23-,26?,28-/m0/s1. The summed E-state index contributed by atoms with van der Waals surface area (Å²) in [6.07, 6.45) is -0.202. The molecule has 11 nitrogen and oxygen atoms in total. The second kappa shape index (κ2) is 10.4. The van der Waals surface area contributed by atoms with Crippen LogP contribution in [0, 0.1) is 17.6 Å². The number of H-pyrrole nitrogens is 1. The van der Waals surface area contributed by atoms with Gasteiger partial charge in [-0.15, -0.1) is 0 Å². The van der Waals surface area contributed by atoms with Gasteiger partial charge in [-0.1, -0.05) is 32.0 Å². The van der Waals surface area contributed by atoms with Gasteiger partial charge in [-0.3, -0.25) is 18.9 Å². The first-order chi connectivity index (χ1) is 19.6. The number of aliphatic hydroxyl groups is 1. The number of carbonyl (C=O) groups excluding carboxylic acids is 3. The van der Waals surface area contributed by atoms with E-state index in [4.69, 9.17) is 0 Å². The minimum Gasteiger partial charge on any atom is -0.373 e. The van der Waals surface area contributed by atoms with Crippen LogP contribution < -0.4 is 5.32 Å². The van der Waals surface area contributed by atoms with Crippen molar-refractivity contribution in [3.05, 3.63) is 65.4 Å². The number of nitrogens with one attached hydrogen (secondary N) is 2. The normalized spacial score (nSPS) is 21.6. The molecule has 0 aliphatic carbocycles. The third kappa shape index (κ3) is 4.92. The Morgan fingerprint density at radius 2 is 1.88 bits per heavy atom. The lowest BCUT2D eigenvalue weighted by Crippen LogP contribution is -2.54. The highest BCUT2D eigenvalue weighted by Crippen LogP contribution is 2.47. The Balaban J connectivity index is 1.53. The van der Waals surface area contributed by atoms with Crippen molar-refractivity contribution in [2.24, 2.45) is 5.92 Å². The molecule has 0 saturated carbocycles. The summed E-state index contributed by atoms with van der Waals surface area (Å²) in [4.78, 5) is 45.9. The summed E-state index contributed by atoms with van der Waals surface area (Å²) in [5.74, 6) is -3.85. The van der Waals surface area contributed by atoms with Crippen molar-refractivity contribution >= 4 is 44.4 Å². The smallest absolute Gasteiger partial charge is 0.294 e. The Labute approximate surface area is 240 Å². The first-order valence-electron chi connectivity index (χ1n) is 13.2. The summed E-state index contributed by atoms with van der Waals surface area (Å²) < 4.78 is 61.9. The summed E-state index contributed by atoms with van der Waals surface area (Å²) in [6.45, 7) is 3.28. The maximum atomic E-state index is 14.3. The van der Waals surface area contributed by atoms with Gasteiger partial charge < -0.3 is 25.2 Å². The molecule has 2 aliphatic rings. The molecular weight excluding hydrogens is 574 g/mol. The average molecular weight is 605 g/mol. The molecule has 4 atom stereocenters. The summed E-state index contributed by atoms with van der Waals surface area (Å²) >= 11 is 0. The topological polar surface area (TPSA) is 160 Å². The second-order valence-corrected chi connectivity index (χ2v) is 12.8. The van der Waals surface area contributed by atoms with E-state index in [-0.39, 0.29) is 41.9 Å². The zero-order chi connectivity index (χ0) is 30.7. The van der Waals surface area contributed by atoms with Gasteiger partial charge in [0.25, 0.3) is 16.0 Å². The second-order valence-electron chi connectivity index (χ2n) is 11.3. The van der Waals surface area contributed by atoms with E-state index in [2.05, 4.69) is 10.3 Å². The van der Waals surface area contributed by atoms with Crippen LogP contribution in [-0.4, -0.2) is 81.7 Å². The predicted octanol–water partition coefficient (Wildman–Crippen LogP) is 2.63. The number of aromatic amines is 1. The van der Waals surface area contributed by atoms with Gasteiger partial charge in [0.2, 0.25) is 17.3 Å². The number of para-hydroxylation sites is 1. The number of fused-ring (bicyclic) bond motifs is 3. The molecule has 1 fully saturated rings. The molecule has 2 aromatic carbocycles. The van der Waals surface area contributed by atoms with E-state index in [0.717, 1.165) is 15.9 Å². The van der Waals surface area contributed by atoms with Gasteiger partial charge in [-0.2, -0.15) is 8.42 Å². The van der Waals surface area contributed by atoms with Crippen LogP contribution in [0.3, 0.4) is 0 Å². The van der Waals surface area contributed by atoms with Crippen molar-refractivity contribution in [2.45, 2.75) is 49.6 Å². The van der Waals surface area contributed by atoms with E-state index in [1.54, 1.807) is 38.1 Å². The minimum absolute atomic E-state index is 0.0244. The molecule has 14 heteroatoms. The van der Waals surface area contributed by atoms with Crippen molar-refractivity contribution in [3.63, 3.8) is 0 Å². The summed E-state index contributed by atoms with van der Waals surface area (Å²) in [7, 11) is -3.73. The quantitative estimate of drug-likeness (QED) is 0.302. The Hall–Kier alpha value is -3.88. The molecule has 3 amide bonds. The number of likely N-dealkylation sites (tertiary alicyclic amines) is 1. The molecule has 3 heterocycles. The third-order valence-corrected chi connectivity index (χ3v) is 9.02.